The molecule has 1 heterocycles. The molecule has 1 aromatic carbocycles. The molecule has 0 bridgehead atoms. The molecule has 1 N–H and O–H groups in total. The maximum atomic E-state index is 6.07. The summed E-state index contributed by atoms with van der Waals surface area (Å²) in [5.41, 5.74) is 2.23. The van der Waals surface area contributed by atoms with Gasteiger partial charge in [-0.3, -0.25) is 0 Å². The summed E-state index contributed by atoms with van der Waals surface area (Å²) in [6.45, 7) is 2.32. The van der Waals surface area contributed by atoms with Gasteiger partial charge in [0.2, 0.25) is 5.88 Å². The second kappa shape index (κ2) is 9.62. The van der Waals surface area contributed by atoms with E-state index in [1.165, 1.54) is 50.5 Å². The van der Waals surface area contributed by atoms with Crippen molar-refractivity contribution in [2.75, 3.05) is 7.05 Å². The van der Waals surface area contributed by atoms with Crippen molar-refractivity contribution in [3.05, 3.63) is 47.7 Å². The summed E-state index contributed by atoms with van der Waals surface area (Å²) in [5.74, 6) is 1.81. The largest absolute Gasteiger partial charge is 0.473 e. The second-order valence-electron chi connectivity index (χ2n) is 7.15. The molecule has 1 saturated carbocycles. The Balaban J connectivity index is 1.56. The van der Waals surface area contributed by atoms with Crippen molar-refractivity contribution >= 4 is 0 Å². The van der Waals surface area contributed by atoms with Crippen molar-refractivity contribution in [3.8, 4) is 5.88 Å². The number of nitrogens with one attached hydrogen (secondary N) is 1. The summed E-state index contributed by atoms with van der Waals surface area (Å²) < 4.78 is 8.12. The zero-order valence-electron chi connectivity index (χ0n) is 15.4. The first-order valence-electron chi connectivity index (χ1n) is 9.73. The van der Waals surface area contributed by atoms with Crippen LogP contribution >= 0.6 is 0 Å². The first kappa shape index (κ1) is 18.0. The minimum absolute atomic E-state index is 0.591. The summed E-state index contributed by atoms with van der Waals surface area (Å²) in [5, 5.41) is 7.90. The highest BCUT2D eigenvalue weighted by Crippen LogP contribution is 2.27. The predicted molar refractivity (Wildman–Crippen MR) is 102 cm³/mol. The Morgan fingerprint density at radius 3 is 2.72 bits per heavy atom. The number of nitrogens with zero attached hydrogens (tertiary/aromatic N) is 2. The lowest BCUT2D eigenvalue weighted by Gasteiger charge is -2.21. The number of benzene rings is 1. The smallest absolute Gasteiger partial charge is 0.212 e. The molecule has 1 aliphatic carbocycles. The highest BCUT2D eigenvalue weighted by molar-refractivity contribution is 5.18. The fourth-order valence-electron chi connectivity index (χ4n) is 3.73. The zero-order chi connectivity index (χ0) is 17.3. The van der Waals surface area contributed by atoms with Crippen molar-refractivity contribution in [2.24, 2.45) is 5.92 Å². The molecule has 0 saturated heterocycles. The Bertz CT molecular complexity index is 617. The van der Waals surface area contributed by atoms with Crippen molar-refractivity contribution in [3.63, 3.8) is 0 Å². The van der Waals surface area contributed by atoms with Crippen molar-refractivity contribution in [1.29, 1.82) is 0 Å². The number of ether oxygens (including phenoxy) is 1. The van der Waals surface area contributed by atoms with Crippen LogP contribution in [0.1, 0.15) is 56.2 Å². The monoisotopic (exact) mass is 341 g/mol. The quantitative estimate of drug-likeness (QED) is 0.728. The number of hydrogen-bond donors (Lipinski definition) is 1. The fraction of sp³-hybridized carbons (Fsp3) is 0.571. The molecular weight excluding hydrogens is 310 g/mol. The Morgan fingerprint density at radius 1 is 1.16 bits per heavy atom. The molecule has 0 spiro atoms. The lowest BCUT2D eigenvalue weighted by Crippen LogP contribution is -2.10. The van der Waals surface area contributed by atoms with Gasteiger partial charge >= 0.3 is 0 Å². The van der Waals surface area contributed by atoms with Gasteiger partial charge < -0.3 is 10.1 Å². The third-order valence-corrected chi connectivity index (χ3v) is 5.09. The van der Waals surface area contributed by atoms with Crippen LogP contribution in [-0.2, 0) is 19.7 Å². The lowest BCUT2D eigenvalue weighted by molar-refractivity contribution is 0.265. The maximum Gasteiger partial charge on any atom is 0.212 e. The molecule has 0 radical (unpaired) electrons. The van der Waals surface area contributed by atoms with E-state index in [0.29, 0.717) is 6.61 Å². The van der Waals surface area contributed by atoms with Crippen LogP contribution in [0.25, 0.3) is 0 Å². The molecule has 136 valence electrons. The predicted octanol–water partition coefficient (Wildman–Crippen LogP) is 4.54. The summed E-state index contributed by atoms with van der Waals surface area (Å²) in [6, 6.07) is 12.4. The summed E-state index contributed by atoms with van der Waals surface area (Å²) in [7, 11) is 1.95. The Labute approximate surface area is 151 Å². The Morgan fingerprint density at radius 2 is 1.96 bits per heavy atom. The van der Waals surface area contributed by atoms with Crippen molar-refractivity contribution in [2.45, 2.75) is 64.6 Å². The average molecular weight is 341 g/mol. The van der Waals surface area contributed by atoms with Gasteiger partial charge in [0.05, 0.1) is 5.69 Å². The minimum atomic E-state index is 0.591. The van der Waals surface area contributed by atoms with Crippen LogP contribution in [0.3, 0.4) is 0 Å². The van der Waals surface area contributed by atoms with Crippen LogP contribution in [0, 0.1) is 5.92 Å². The van der Waals surface area contributed by atoms with Gasteiger partial charge in [0.1, 0.15) is 6.61 Å². The standard InChI is InChI=1S/C21H31N3O/c1-22-16-20-15-21(25-17-19-11-6-3-7-12-19)24(23-20)14-8-13-18-9-4-2-5-10-18/h3,6-7,11-12,15,18,22H,2,4-5,8-10,13-14,16-17H2,1H3. The normalized spacial score (nSPS) is 15.4. The third kappa shape index (κ3) is 5.60. The molecule has 1 fully saturated rings. The van der Waals surface area contributed by atoms with E-state index in [0.717, 1.165) is 30.6 Å². The number of aromatic nitrogens is 2. The summed E-state index contributed by atoms with van der Waals surface area (Å²) in [6.07, 6.45) is 9.62. The molecule has 0 amide bonds. The average Bonchev–Trinajstić information content (AvgIpc) is 3.04. The Kier molecular flexibility index (Phi) is 6.92. The molecular formula is C21H31N3O. The van der Waals surface area contributed by atoms with E-state index in [1.807, 2.05) is 25.2 Å². The first-order chi connectivity index (χ1) is 12.3. The minimum Gasteiger partial charge on any atom is -0.473 e. The van der Waals surface area contributed by atoms with Gasteiger partial charge in [-0.05, 0) is 31.4 Å². The van der Waals surface area contributed by atoms with Crippen LogP contribution in [0.2, 0.25) is 0 Å². The molecule has 2 aromatic rings. The molecule has 0 aliphatic heterocycles. The van der Waals surface area contributed by atoms with E-state index in [2.05, 4.69) is 28.2 Å². The fourth-order valence-corrected chi connectivity index (χ4v) is 3.73. The SMILES string of the molecule is CNCc1cc(OCc2ccccc2)n(CCCC2CCCCC2)n1. The van der Waals surface area contributed by atoms with E-state index in [-0.39, 0.29) is 0 Å². The topological polar surface area (TPSA) is 39.1 Å². The third-order valence-electron chi connectivity index (χ3n) is 5.09. The molecule has 0 atom stereocenters. The number of aryl methyl sites for hydroxylation is 1. The van der Waals surface area contributed by atoms with Crippen LogP contribution < -0.4 is 10.1 Å². The van der Waals surface area contributed by atoms with Gasteiger partial charge in [-0.2, -0.15) is 5.10 Å². The molecule has 0 unspecified atom stereocenters. The highest BCUT2D eigenvalue weighted by Gasteiger charge is 2.14. The molecule has 1 aliphatic rings. The molecule has 3 rings (SSSR count). The molecule has 4 heteroatoms. The van der Waals surface area contributed by atoms with Crippen molar-refractivity contribution < 1.29 is 4.74 Å². The van der Waals surface area contributed by atoms with Crippen LogP contribution in [-0.4, -0.2) is 16.8 Å². The van der Waals surface area contributed by atoms with E-state index in [4.69, 9.17) is 9.84 Å². The van der Waals surface area contributed by atoms with E-state index in [9.17, 15) is 0 Å². The molecule has 25 heavy (non-hydrogen) atoms. The second-order valence-corrected chi connectivity index (χ2v) is 7.15. The van der Waals surface area contributed by atoms with Crippen LogP contribution in [0.5, 0.6) is 5.88 Å². The van der Waals surface area contributed by atoms with E-state index in [1.54, 1.807) is 0 Å². The van der Waals surface area contributed by atoms with E-state index < -0.39 is 0 Å². The van der Waals surface area contributed by atoms with E-state index >= 15 is 0 Å². The Hall–Kier alpha value is -1.81. The summed E-state index contributed by atoms with van der Waals surface area (Å²) in [4.78, 5) is 0. The summed E-state index contributed by atoms with van der Waals surface area (Å²) >= 11 is 0. The highest BCUT2D eigenvalue weighted by atomic mass is 16.5. The number of hydrogen-bond acceptors (Lipinski definition) is 3. The number of rotatable bonds is 9. The van der Waals surface area contributed by atoms with Crippen LogP contribution in [0.4, 0.5) is 0 Å². The van der Waals surface area contributed by atoms with Gasteiger partial charge in [0.15, 0.2) is 0 Å². The van der Waals surface area contributed by atoms with Gasteiger partial charge in [-0.15, -0.1) is 0 Å². The zero-order valence-corrected chi connectivity index (χ0v) is 15.4. The maximum absolute atomic E-state index is 6.07. The van der Waals surface area contributed by atoms with Crippen LogP contribution in [0.15, 0.2) is 36.4 Å². The first-order valence-corrected chi connectivity index (χ1v) is 9.73. The van der Waals surface area contributed by atoms with Crippen molar-refractivity contribution in [1.82, 2.24) is 15.1 Å². The van der Waals surface area contributed by atoms with Gasteiger partial charge in [0, 0.05) is 19.2 Å². The molecule has 1 aromatic heterocycles. The molecule has 4 nitrogen and oxygen atoms in total. The lowest BCUT2D eigenvalue weighted by atomic mass is 9.86. The van der Waals surface area contributed by atoms with Gasteiger partial charge in [-0.1, -0.05) is 62.4 Å². The van der Waals surface area contributed by atoms with Gasteiger partial charge in [0.25, 0.3) is 0 Å². The van der Waals surface area contributed by atoms with Gasteiger partial charge in [-0.25, -0.2) is 4.68 Å².